The molecule has 0 aromatic heterocycles. The van der Waals surface area contributed by atoms with Gasteiger partial charge >= 0.3 is 0 Å². The second-order valence-electron chi connectivity index (χ2n) is 6.04. The van der Waals surface area contributed by atoms with Gasteiger partial charge in [-0.15, -0.1) is 0 Å². The number of hydrazine groups is 1. The number of amides is 2. The molecule has 2 aromatic carbocycles. The summed E-state index contributed by atoms with van der Waals surface area (Å²) in [6.45, 7) is 4.16. The first-order valence-electron chi connectivity index (χ1n) is 8.81. The van der Waals surface area contributed by atoms with Crippen molar-refractivity contribution in [3.63, 3.8) is 0 Å². The lowest BCUT2D eigenvalue weighted by Crippen LogP contribution is -2.44. The monoisotopic (exact) mass is 468 g/mol. The maximum atomic E-state index is 12.4. The lowest BCUT2D eigenvalue weighted by atomic mass is 10.2. The fourth-order valence-electron chi connectivity index (χ4n) is 2.22. The zero-order chi connectivity index (χ0) is 20.5. The fourth-order valence-corrected chi connectivity index (χ4v) is 2.70. The number of halogens is 2. The van der Waals surface area contributed by atoms with Crippen molar-refractivity contribution in [2.75, 3.05) is 13.2 Å². The van der Waals surface area contributed by atoms with Gasteiger partial charge in [0.05, 0.1) is 12.2 Å². The summed E-state index contributed by atoms with van der Waals surface area (Å²) in [5, 5.41) is 0.620. The Hall–Kier alpha value is -2.25. The summed E-state index contributed by atoms with van der Waals surface area (Å²) in [4.78, 5) is 24.4. The largest absolute Gasteiger partial charge is 0.493 e. The van der Waals surface area contributed by atoms with Gasteiger partial charge in [0.15, 0.2) is 6.61 Å². The number of nitrogens with one attached hydrogen (secondary N) is 2. The average molecular weight is 470 g/mol. The van der Waals surface area contributed by atoms with Gasteiger partial charge in [-0.3, -0.25) is 20.4 Å². The minimum absolute atomic E-state index is 0.250. The molecule has 0 fully saturated rings. The number of rotatable bonds is 8. The van der Waals surface area contributed by atoms with E-state index in [2.05, 4.69) is 33.7 Å². The summed E-state index contributed by atoms with van der Waals surface area (Å²) < 4.78 is 11.8. The Balaban J connectivity index is 1.89. The van der Waals surface area contributed by atoms with Crippen molar-refractivity contribution in [3.05, 3.63) is 57.0 Å². The van der Waals surface area contributed by atoms with Crippen molar-refractivity contribution in [3.8, 4) is 11.5 Å². The average Bonchev–Trinajstić information content (AvgIpc) is 2.68. The van der Waals surface area contributed by atoms with Crippen LogP contribution >= 0.6 is 27.5 Å². The molecule has 0 saturated heterocycles. The van der Waals surface area contributed by atoms with Crippen LogP contribution in [-0.4, -0.2) is 25.0 Å². The van der Waals surface area contributed by atoms with E-state index in [0.717, 1.165) is 22.9 Å². The minimum atomic E-state index is -0.496. The first kappa shape index (κ1) is 22.0. The Morgan fingerprint density at radius 3 is 2.61 bits per heavy atom. The number of unbranched alkanes of at least 4 members (excludes halogenated alkanes) is 1. The quantitative estimate of drug-likeness (QED) is 0.443. The van der Waals surface area contributed by atoms with E-state index in [4.69, 9.17) is 21.1 Å². The standard InChI is InChI=1S/C20H22BrClN2O4/c1-3-4-9-27-18-8-5-14(21)11-16(18)20(26)24-23-19(25)12-28-15-6-7-17(22)13(2)10-15/h5-8,10-11H,3-4,9,12H2,1-2H3,(H,23,25)(H,24,26). The van der Waals surface area contributed by atoms with Gasteiger partial charge in [-0.25, -0.2) is 0 Å². The van der Waals surface area contributed by atoms with Crippen molar-refractivity contribution < 1.29 is 19.1 Å². The Bertz CT molecular complexity index is 845. The lowest BCUT2D eigenvalue weighted by Gasteiger charge is -2.13. The molecule has 0 radical (unpaired) electrons. The third kappa shape index (κ3) is 6.73. The number of aryl methyl sites for hydroxylation is 1. The SMILES string of the molecule is CCCCOc1ccc(Br)cc1C(=O)NNC(=O)COc1ccc(Cl)c(C)c1. The number of benzene rings is 2. The predicted octanol–water partition coefficient (Wildman–Crippen LogP) is 4.43. The van der Waals surface area contributed by atoms with E-state index in [1.165, 1.54) is 0 Å². The Kier molecular flexibility index (Phi) is 8.60. The summed E-state index contributed by atoms with van der Waals surface area (Å²) in [5.74, 6) is -0.00819. The Morgan fingerprint density at radius 2 is 1.89 bits per heavy atom. The van der Waals surface area contributed by atoms with E-state index in [9.17, 15) is 9.59 Å². The highest BCUT2D eigenvalue weighted by Gasteiger charge is 2.14. The molecule has 0 saturated carbocycles. The van der Waals surface area contributed by atoms with Gasteiger partial charge in [-0.2, -0.15) is 0 Å². The highest BCUT2D eigenvalue weighted by atomic mass is 79.9. The fraction of sp³-hybridized carbons (Fsp3) is 0.300. The van der Waals surface area contributed by atoms with Crippen LogP contribution in [0.4, 0.5) is 0 Å². The molecule has 0 heterocycles. The molecule has 0 unspecified atom stereocenters. The van der Waals surface area contributed by atoms with Crippen molar-refractivity contribution in [2.45, 2.75) is 26.7 Å². The van der Waals surface area contributed by atoms with Crippen LogP contribution in [0.15, 0.2) is 40.9 Å². The Labute approximate surface area is 177 Å². The topological polar surface area (TPSA) is 76.7 Å². The third-order valence-electron chi connectivity index (χ3n) is 3.76. The van der Waals surface area contributed by atoms with Gasteiger partial charge in [0.1, 0.15) is 11.5 Å². The van der Waals surface area contributed by atoms with E-state index in [1.807, 2.05) is 6.92 Å². The van der Waals surface area contributed by atoms with Crippen LogP contribution in [0.2, 0.25) is 5.02 Å². The molecule has 0 aliphatic rings. The highest BCUT2D eigenvalue weighted by Crippen LogP contribution is 2.23. The van der Waals surface area contributed by atoms with E-state index < -0.39 is 11.8 Å². The van der Waals surface area contributed by atoms with Crippen LogP contribution in [0, 0.1) is 6.92 Å². The normalized spacial score (nSPS) is 10.3. The van der Waals surface area contributed by atoms with Crippen LogP contribution in [0.3, 0.4) is 0 Å². The van der Waals surface area contributed by atoms with Gasteiger partial charge in [-0.1, -0.05) is 40.9 Å². The molecule has 2 rings (SSSR count). The minimum Gasteiger partial charge on any atom is -0.493 e. The van der Waals surface area contributed by atoms with Crippen molar-refractivity contribution >= 4 is 39.3 Å². The number of hydrogen-bond acceptors (Lipinski definition) is 4. The number of hydrogen-bond donors (Lipinski definition) is 2. The molecule has 0 atom stereocenters. The van der Waals surface area contributed by atoms with Crippen molar-refractivity contribution in [1.82, 2.24) is 10.9 Å². The number of ether oxygens (including phenoxy) is 2. The van der Waals surface area contributed by atoms with Crippen LogP contribution in [0.1, 0.15) is 35.7 Å². The predicted molar refractivity (Wildman–Crippen MR) is 112 cm³/mol. The lowest BCUT2D eigenvalue weighted by molar-refractivity contribution is -0.123. The second-order valence-corrected chi connectivity index (χ2v) is 7.37. The molecule has 0 aliphatic carbocycles. The number of carbonyl (C=O) groups excluding carboxylic acids is 2. The summed E-state index contributed by atoms with van der Waals surface area (Å²) >= 11 is 9.29. The molecule has 0 aliphatic heterocycles. The second kappa shape index (κ2) is 10.9. The van der Waals surface area contributed by atoms with Crippen molar-refractivity contribution in [1.29, 1.82) is 0 Å². The molecule has 150 valence electrons. The van der Waals surface area contributed by atoms with Crippen molar-refractivity contribution in [2.24, 2.45) is 0 Å². The maximum Gasteiger partial charge on any atom is 0.276 e. The van der Waals surface area contributed by atoms with Crippen LogP contribution in [-0.2, 0) is 4.79 Å². The highest BCUT2D eigenvalue weighted by molar-refractivity contribution is 9.10. The molecular weight excluding hydrogens is 448 g/mol. The molecule has 0 bridgehead atoms. The molecule has 2 amide bonds. The van der Waals surface area contributed by atoms with Gasteiger partial charge in [0.25, 0.3) is 11.8 Å². The summed E-state index contributed by atoms with van der Waals surface area (Å²) in [7, 11) is 0. The molecule has 28 heavy (non-hydrogen) atoms. The van der Waals surface area contributed by atoms with Gasteiger partial charge < -0.3 is 9.47 Å². The summed E-state index contributed by atoms with van der Waals surface area (Å²) in [6, 6.07) is 10.2. The van der Waals surface area contributed by atoms with E-state index in [0.29, 0.717) is 28.7 Å². The van der Waals surface area contributed by atoms with Gasteiger partial charge in [0.2, 0.25) is 0 Å². The molecule has 2 aromatic rings. The summed E-state index contributed by atoms with van der Waals surface area (Å²) in [5.41, 5.74) is 5.87. The Morgan fingerprint density at radius 1 is 1.11 bits per heavy atom. The van der Waals surface area contributed by atoms with Crippen LogP contribution in [0.25, 0.3) is 0 Å². The molecule has 0 spiro atoms. The molecule has 8 heteroatoms. The third-order valence-corrected chi connectivity index (χ3v) is 4.67. The zero-order valence-electron chi connectivity index (χ0n) is 15.7. The molecule has 6 nitrogen and oxygen atoms in total. The molecule has 2 N–H and O–H groups in total. The summed E-state index contributed by atoms with van der Waals surface area (Å²) in [6.07, 6.45) is 1.87. The maximum absolute atomic E-state index is 12.4. The zero-order valence-corrected chi connectivity index (χ0v) is 18.0. The first-order chi connectivity index (χ1) is 13.4. The number of carbonyl (C=O) groups is 2. The van der Waals surface area contributed by atoms with Crippen LogP contribution < -0.4 is 20.3 Å². The smallest absolute Gasteiger partial charge is 0.276 e. The van der Waals surface area contributed by atoms with E-state index in [1.54, 1.807) is 36.4 Å². The van der Waals surface area contributed by atoms with E-state index >= 15 is 0 Å². The molecular formula is C20H22BrClN2O4. The van der Waals surface area contributed by atoms with Gasteiger partial charge in [0, 0.05) is 9.50 Å². The van der Waals surface area contributed by atoms with Crippen LogP contribution in [0.5, 0.6) is 11.5 Å². The van der Waals surface area contributed by atoms with E-state index in [-0.39, 0.29) is 6.61 Å². The first-order valence-corrected chi connectivity index (χ1v) is 9.98. The van der Waals surface area contributed by atoms with Gasteiger partial charge in [-0.05, 0) is 55.3 Å².